The molecule has 0 radical (unpaired) electrons. The summed E-state index contributed by atoms with van der Waals surface area (Å²) in [5.74, 6) is 0. The third kappa shape index (κ3) is 0.384. The molecule has 0 aliphatic carbocycles. The van der Waals surface area contributed by atoms with Crippen molar-refractivity contribution in [1.82, 2.24) is 0 Å². The Morgan fingerprint density at radius 3 is 2.20 bits per heavy atom. The van der Waals surface area contributed by atoms with Crippen LogP contribution >= 0.6 is 0 Å². The molecule has 0 aromatic rings. The Kier molecular flexibility index (Phi) is 0.557. The number of hydrogen-bond donors (Lipinski definition) is 0. The molecule has 1 fully saturated rings. The van der Waals surface area contributed by atoms with Gasteiger partial charge in [0.15, 0.2) is 0 Å². The molecular weight excluding hydrogens is 84.1 g/mol. The van der Waals surface area contributed by atoms with E-state index in [2.05, 4.69) is 9.78 Å². The van der Waals surface area contributed by atoms with Crippen molar-refractivity contribution in [2.24, 2.45) is 0 Å². The van der Waals surface area contributed by atoms with Gasteiger partial charge < -0.3 is 4.89 Å². The summed E-state index contributed by atoms with van der Waals surface area (Å²) in [6.45, 7) is 0.693. The lowest BCUT2D eigenvalue weighted by Crippen LogP contribution is -2.24. The van der Waals surface area contributed by atoms with Crippen LogP contribution in [-0.2, 0) is 9.78 Å². The summed E-state index contributed by atoms with van der Waals surface area (Å²) in [5.41, 5.74) is 0. The molecule has 0 unspecified atom stereocenters. The Bertz CT molecular complexity index is 54.7. The molecule has 5 heavy (non-hydrogen) atoms. The van der Waals surface area contributed by atoms with E-state index >= 15 is 0 Å². The molecule has 0 bridgehead atoms. The van der Waals surface area contributed by atoms with Crippen molar-refractivity contribution >= 4 is 15.2 Å². The van der Waals surface area contributed by atoms with Crippen molar-refractivity contribution in [3.8, 4) is 0 Å². The van der Waals surface area contributed by atoms with Crippen LogP contribution in [0.1, 0.15) is 0 Å². The van der Waals surface area contributed by atoms with Gasteiger partial charge in [0, 0.05) is 9.85 Å². The molecule has 1 aliphatic rings. The van der Waals surface area contributed by atoms with Crippen molar-refractivity contribution in [2.45, 2.75) is 0 Å². The van der Waals surface area contributed by atoms with Gasteiger partial charge in [-0.1, -0.05) is 0 Å². The highest BCUT2D eigenvalue weighted by Crippen LogP contribution is 1.90. The largest absolute Gasteiger partial charge is 0.346 e. The minimum Gasteiger partial charge on any atom is -0.346 e. The van der Waals surface area contributed by atoms with Crippen LogP contribution in [0.2, 0.25) is 0 Å². The predicted molar refractivity (Wildman–Crippen MR) is 20.6 cm³/mol. The fraction of sp³-hybridized carbons (Fsp3) is 0.500. The molecule has 1 saturated heterocycles. The zero-order valence-electron chi connectivity index (χ0n) is 2.73. The summed E-state index contributed by atoms with van der Waals surface area (Å²) < 4.78 is 0. The lowest BCUT2D eigenvalue weighted by molar-refractivity contribution is -0.265. The van der Waals surface area contributed by atoms with Crippen LogP contribution in [0.25, 0.3) is 0 Å². The average molecular weight is 88.1 g/mol. The fourth-order valence-electron chi connectivity index (χ4n) is 0.142. The highest BCUT2D eigenvalue weighted by atomic mass is 28.1. The third-order valence-electron chi connectivity index (χ3n) is 0.397. The molecule has 1 rings (SSSR count). The molecule has 0 atom stereocenters. The second kappa shape index (κ2) is 0.912. The molecule has 0 aromatic heterocycles. The van der Waals surface area contributed by atoms with E-state index in [9.17, 15) is 0 Å². The third-order valence-corrected chi connectivity index (χ3v) is 0.719. The molecule has 0 spiro atoms. The molecule has 0 amide bonds. The van der Waals surface area contributed by atoms with Crippen molar-refractivity contribution < 1.29 is 9.78 Å². The first kappa shape index (κ1) is 3.05. The smallest absolute Gasteiger partial charge is 0.149 e. The Hall–Kier alpha value is -0.153. The molecule has 0 N–H and O–H groups in total. The van der Waals surface area contributed by atoms with Gasteiger partial charge >= 0.3 is 0 Å². The topological polar surface area (TPSA) is 18.5 Å². The van der Waals surface area contributed by atoms with Gasteiger partial charge in [-0.3, -0.25) is 0 Å². The van der Waals surface area contributed by atoms with Crippen molar-refractivity contribution in [3.05, 3.63) is 0 Å². The molecule has 0 saturated carbocycles. The van der Waals surface area contributed by atoms with Gasteiger partial charge in [0.2, 0.25) is 0 Å². The second-order valence-corrected chi connectivity index (χ2v) is 1.67. The normalized spacial score (nSPS) is 20.4. The second-order valence-electron chi connectivity index (χ2n) is 0.884. The van der Waals surface area contributed by atoms with E-state index in [4.69, 9.17) is 0 Å². The van der Waals surface area contributed by atoms with E-state index in [1.54, 1.807) is 9.85 Å². The van der Waals surface area contributed by atoms with Gasteiger partial charge in [0.05, 0.1) is 0 Å². The zero-order chi connectivity index (χ0) is 3.70. The van der Waals surface area contributed by atoms with Gasteiger partial charge in [-0.05, 0) is 0 Å². The summed E-state index contributed by atoms with van der Waals surface area (Å²) in [6, 6.07) is 0. The highest BCUT2D eigenvalue weighted by Gasteiger charge is 2.04. The summed E-state index contributed by atoms with van der Waals surface area (Å²) >= 11 is 0. The first-order chi connectivity index (χ1) is 2.39. The monoisotopic (exact) mass is 88.0 g/mol. The summed E-state index contributed by atoms with van der Waals surface area (Å²) in [4.78, 5) is 8.66. The van der Waals surface area contributed by atoms with E-state index in [1.165, 1.54) is 0 Å². The zero-order valence-corrected chi connectivity index (χ0v) is 4.14. The minimum atomic E-state index is 0.693. The Morgan fingerprint density at radius 2 is 2.20 bits per heavy atom. The average Bonchev–Trinajstić information content (AvgIpc) is 1.30. The standard InChI is InChI=1S/C2H4O2Si/c5-2-1-3-4-2/h1,5H2. The molecule has 3 heteroatoms. The molecule has 1 aliphatic heterocycles. The van der Waals surface area contributed by atoms with Crippen molar-refractivity contribution in [1.29, 1.82) is 0 Å². The van der Waals surface area contributed by atoms with Crippen LogP contribution in [-0.4, -0.2) is 21.8 Å². The van der Waals surface area contributed by atoms with E-state index in [0.717, 1.165) is 5.35 Å². The van der Waals surface area contributed by atoms with Crippen LogP contribution in [0.5, 0.6) is 0 Å². The summed E-state index contributed by atoms with van der Waals surface area (Å²) in [6.07, 6.45) is 0. The first-order valence-corrected chi connectivity index (χ1v) is 2.07. The maximum Gasteiger partial charge on any atom is 0.149 e. The van der Waals surface area contributed by atoms with Gasteiger partial charge in [-0.2, -0.15) is 4.89 Å². The van der Waals surface area contributed by atoms with Crippen molar-refractivity contribution in [3.63, 3.8) is 0 Å². The Balaban J connectivity index is 2.32. The number of rotatable bonds is 0. The van der Waals surface area contributed by atoms with Crippen LogP contribution in [0.15, 0.2) is 0 Å². The van der Waals surface area contributed by atoms with Gasteiger partial charge in [0.1, 0.15) is 12.0 Å². The maximum atomic E-state index is 4.36. The fourth-order valence-corrected chi connectivity index (χ4v) is 0.309. The Labute approximate surface area is 32.7 Å². The molecule has 0 aromatic carbocycles. The quantitative estimate of drug-likeness (QED) is 0.271. The van der Waals surface area contributed by atoms with Crippen LogP contribution in [0.4, 0.5) is 0 Å². The minimum absolute atomic E-state index is 0.693. The molecule has 28 valence electrons. The van der Waals surface area contributed by atoms with E-state index in [-0.39, 0.29) is 0 Å². The van der Waals surface area contributed by atoms with Gasteiger partial charge in [0.25, 0.3) is 0 Å². The molecule has 2 nitrogen and oxygen atoms in total. The summed E-state index contributed by atoms with van der Waals surface area (Å²) in [5, 5.41) is 0.991. The molecular formula is C2H4O2Si. The van der Waals surface area contributed by atoms with Crippen LogP contribution in [0.3, 0.4) is 0 Å². The van der Waals surface area contributed by atoms with E-state index in [1.807, 2.05) is 0 Å². The van der Waals surface area contributed by atoms with Crippen LogP contribution < -0.4 is 0 Å². The Morgan fingerprint density at radius 1 is 1.80 bits per heavy atom. The highest BCUT2D eigenvalue weighted by molar-refractivity contribution is 6.35. The lowest BCUT2D eigenvalue weighted by atomic mass is 10.8. The summed E-state index contributed by atoms with van der Waals surface area (Å²) in [7, 11) is 1.71. The first-order valence-electron chi connectivity index (χ1n) is 1.37. The molecule has 1 heterocycles. The van der Waals surface area contributed by atoms with Crippen molar-refractivity contribution in [2.75, 3.05) is 6.61 Å². The maximum absolute atomic E-state index is 4.36. The SMILES string of the molecule is [SiH2]=C1COO1. The number of hydrogen-bond acceptors (Lipinski definition) is 2. The van der Waals surface area contributed by atoms with Gasteiger partial charge in [-0.15, -0.1) is 0 Å². The predicted octanol–water partition coefficient (Wildman–Crippen LogP) is -1.29. The van der Waals surface area contributed by atoms with Gasteiger partial charge in [-0.25, -0.2) is 0 Å². The van der Waals surface area contributed by atoms with E-state index < -0.39 is 0 Å². The van der Waals surface area contributed by atoms with E-state index in [0.29, 0.717) is 6.61 Å². The van der Waals surface area contributed by atoms with Crippen LogP contribution in [0, 0.1) is 0 Å². The lowest BCUT2D eigenvalue weighted by Gasteiger charge is -2.13.